The maximum atomic E-state index is 5.54. The fraction of sp³-hybridized carbons (Fsp3) is 0.350. The lowest BCUT2D eigenvalue weighted by atomic mass is 10.0. The molecule has 1 atom stereocenters. The first kappa shape index (κ1) is 17.2. The zero-order valence-electron chi connectivity index (χ0n) is 15.7. The van der Waals surface area contributed by atoms with Crippen LogP contribution in [-0.2, 0) is 7.05 Å². The average molecular weight is 361 g/mol. The van der Waals surface area contributed by atoms with Gasteiger partial charge in [-0.3, -0.25) is 4.68 Å². The van der Waals surface area contributed by atoms with Crippen LogP contribution in [0.5, 0.6) is 0 Å². The number of hydrogen-bond donors (Lipinski definition) is 0. The normalized spacial score (nSPS) is 17.1. The van der Waals surface area contributed by atoms with Crippen molar-refractivity contribution in [1.82, 2.24) is 29.3 Å². The fourth-order valence-electron chi connectivity index (χ4n) is 3.62. The van der Waals surface area contributed by atoms with Gasteiger partial charge in [-0.1, -0.05) is 12.5 Å². The smallest absolute Gasteiger partial charge is 0.155 e. The van der Waals surface area contributed by atoms with E-state index in [9.17, 15) is 0 Å². The predicted octanol–water partition coefficient (Wildman–Crippen LogP) is 2.18. The van der Waals surface area contributed by atoms with Crippen LogP contribution in [0, 0.1) is 12.3 Å². The summed E-state index contributed by atoms with van der Waals surface area (Å²) in [6.45, 7) is 5.78. The minimum Gasteiger partial charge on any atom is -0.364 e. The molecule has 1 fully saturated rings. The van der Waals surface area contributed by atoms with Crippen LogP contribution in [0.2, 0.25) is 0 Å². The summed E-state index contributed by atoms with van der Waals surface area (Å²) in [6, 6.07) is 2.32. The van der Waals surface area contributed by atoms with Gasteiger partial charge in [-0.05, 0) is 18.9 Å². The van der Waals surface area contributed by atoms with Gasteiger partial charge < -0.3 is 9.80 Å². The maximum absolute atomic E-state index is 5.54. The summed E-state index contributed by atoms with van der Waals surface area (Å²) >= 11 is 0. The molecule has 0 aliphatic carbocycles. The third-order valence-electron chi connectivity index (χ3n) is 5.21. The number of anilines is 1. The zero-order chi connectivity index (χ0) is 19.0. The van der Waals surface area contributed by atoms with Crippen LogP contribution in [0.3, 0.4) is 0 Å². The van der Waals surface area contributed by atoms with Crippen LogP contribution in [-0.4, -0.2) is 55.5 Å². The molecule has 1 saturated heterocycles. The molecular weight excluding hydrogens is 338 g/mol. The Hall–Kier alpha value is -3.27. The summed E-state index contributed by atoms with van der Waals surface area (Å²) in [5, 5.41) is 8.70. The monoisotopic (exact) mass is 361 g/mol. The van der Waals surface area contributed by atoms with Crippen molar-refractivity contribution in [1.29, 1.82) is 0 Å². The Bertz CT molecular complexity index is 1020. The first-order chi connectivity index (χ1) is 13.1. The molecular formula is C20H23N7. The van der Waals surface area contributed by atoms with E-state index in [2.05, 4.69) is 32.5 Å². The molecule has 4 rings (SSSR count). The highest BCUT2D eigenvalue weighted by atomic mass is 15.3. The first-order valence-corrected chi connectivity index (χ1v) is 9.03. The molecule has 0 radical (unpaired) electrons. The number of nitrogens with zero attached hydrogens (tertiary/aromatic N) is 7. The second-order valence-electron chi connectivity index (χ2n) is 6.96. The predicted molar refractivity (Wildman–Crippen MR) is 106 cm³/mol. The molecule has 0 amide bonds. The number of rotatable bonds is 4. The molecule has 1 unspecified atom stereocenters. The maximum Gasteiger partial charge on any atom is 0.155 e. The van der Waals surface area contributed by atoms with Crippen molar-refractivity contribution in [3.05, 3.63) is 43.1 Å². The zero-order valence-corrected chi connectivity index (χ0v) is 15.7. The van der Waals surface area contributed by atoms with Crippen molar-refractivity contribution in [3.8, 4) is 23.6 Å². The van der Waals surface area contributed by atoms with Crippen molar-refractivity contribution in [2.75, 3.05) is 25.0 Å². The summed E-state index contributed by atoms with van der Waals surface area (Å²) in [7, 11) is 3.92. The first-order valence-electron chi connectivity index (χ1n) is 9.03. The lowest BCUT2D eigenvalue weighted by Crippen LogP contribution is -2.46. The van der Waals surface area contributed by atoms with Crippen LogP contribution in [0.1, 0.15) is 12.8 Å². The van der Waals surface area contributed by atoms with Gasteiger partial charge in [0.25, 0.3) is 0 Å². The van der Waals surface area contributed by atoms with E-state index < -0.39 is 0 Å². The number of aromatic nitrogens is 5. The lowest BCUT2D eigenvalue weighted by molar-refractivity contribution is 0.274. The van der Waals surface area contributed by atoms with Gasteiger partial charge in [0.15, 0.2) is 5.82 Å². The Morgan fingerprint density at radius 3 is 2.96 bits per heavy atom. The summed E-state index contributed by atoms with van der Waals surface area (Å²) in [5.74, 6) is 3.59. The van der Waals surface area contributed by atoms with Crippen LogP contribution < -0.4 is 4.90 Å². The SMILES string of the molecule is C#CC(=C)N(C)C1CCCN(c2nc(-c3cnn(C)c3)cn3nccc23)C1. The van der Waals surface area contributed by atoms with Gasteiger partial charge in [0.05, 0.1) is 30.0 Å². The van der Waals surface area contributed by atoms with Gasteiger partial charge in [0, 0.05) is 45.0 Å². The van der Waals surface area contributed by atoms with Crippen molar-refractivity contribution in [2.45, 2.75) is 18.9 Å². The summed E-state index contributed by atoms with van der Waals surface area (Å²) in [5.41, 5.74) is 3.55. The van der Waals surface area contributed by atoms with Crippen molar-refractivity contribution < 1.29 is 0 Å². The Kier molecular flexibility index (Phi) is 4.32. The summed E-state index contributed by atoms with van der Waals surface area (Å²) in [4.78, 5) is 9.40. The standard InChI is InChI=1S/C20H23N7/c1-5-15(2)25(4)17-7-6-10-26(13-17)20-19-8-9-21-27(19)14-18(23-20)16-11-22-24(3)12-16/h1,8-9,11-12,14,17H,2,6-7,10,13H2,3-4H3. The number of terminal acetylenes is 1. The van der Waals surface area contributed by atoms with Gasteiger partial charge in [0.2, 0.25) is 0 Å². The van der Waals surface area contributed by atoms with Crippen LogP contribution in [0.25, 0.3) is 16.8 Å². The molecule has 3 aromatic heterocycles. The van der Waals surface area contributed by atoms with Crippen molar-refractivity contribution >= 4 is 11.3 Å². The van der Waals surface area contributed by atoms with Crippen LogP contribution in [0.15, 0.2) is 43.1 Å². The van der Waals surface area contributed by atoms with Crippen LogP contribution in [0.4, 0.5) is 5.82 Å². The average Bonchev–Trinajstić information content (AvgIpc) is 3.34. The Labute approximate surface area is 158 Å². The van der Waals surface area contributed by atoms with Gasteiger partial charge in [-0.2, -0.15) is 10.2 Å². The third-order valence-corrected chi connectivity index (χ3v) is 5.21. The largest absolute Gasteiger partial charge is 0.364 e. The second kappa shape index (κ2) is 6.80. The molecule has 0 bridgehead atoms. The number of likely N-dealkylation sites (N-methyl/N-ethyl adjacent to an activating group) is 1. The molecule has 0 N–H and O–H groups in total. The number of fused-ring (bicyclic) bond motifs is 1. The molecule has 3 aromatic rings. The third kappa shape index (κ3) is 3.14. The Morgan fingerprint density at radius 2 is 2.22 bits per heavy atom. The molecule has 0 saturated carbocycles. The molecule has 138 valence electrons. The second-order valence-corrected chi connectivity index (χ2v) is 6.96. The number of piperidine rings is 1. The van der Waals surface area contributed by atoms with Crippen molar-refractivity contribution in [3.63, 3.8) is 0 Å². The molecule has 0 spiro atoms. The van der Waals surface area contributed by atoms with Gasteiger partial charge in [0.1, 0.15) is 5.52 Å². The molecule has 27 heavy (non-hydrogen) atoms. The van der Waals surface area contributed by atoms with E-state index in [-0.39, 0.29) is 0 Å². The Morgan fingerprint density at radius 1 is 1.37 bits per heavy atom. The highest BCUT2D eigenvalue weighted by Crippen LogP contribution is 2.28. The Balaban J connectivity index is 1.71. The van der Waals surface area contributed by atoms with E-state index in [1.165, 1.54) is 0 Å². The van der Waals surface area contributed by atoms with E-state index >= 15 is 0 Å². The molecule has 7 heteroatoms. The number of hydrogen-bond acceptors (Lipinski definition) is 5. The highest BCUT2D eigenvalue weighted by Gasteiger charge is 2.26. The minimum atomic E-state index is 0.314. The van der Waals surface area contributed by atoms with E-state index in [0.29, 0.717) is 11.7 Å². The summed E-state index contributed by atoms with van der Waals surface area (Å²) in [6.07, 6.45) is 15.2. The van der Waals surface area contributed by atoms with E-state index in [1.807, 2.05) is 43.3 Å². The van der Waals surface area contributed by atoms with Crippen molar-refractivity contribution in [2.24, 2.45) is 7.05 Å². The lowest BCUT2D eigenvalue weighted by Gasteiger charge is -2.39. The van der Waals surface area contributed by atoms with Gasteiger partial charge in [-0.15, -0.1) is 6.42 Å². The number of aryl methyl sites for hydroxylation is 1. The molecule has 1 aliphatic rings. The van der Waals surface area contributed by atoms with Gasteiger partial charge >= 0.3 is 0 Å². The fourth-order valence-corrected chi connectivity index (χ4v) is 3.62. The van der Waals surface area contributed by atoms with E-state index in [0.717, 1.165) is 48.5 Å². The van der Waals surface area contributed by atoms with Crippen LogP contribution >= 0.6 is 0 Å². The number of allylic oxidation sites excluding steroid dienone is 1. The minimum absolute atomic E-state index is 0.314. The van der Waals surface area contributed by atoms with E-state index in [4.69, 9.17) is 11.4 Å². The summed E-state index contributed by atoms with van der Waals surface area (Å²) < 4.78 is 3.67. The molecule has 0 aromatic carbocycles. The van der Waals surface area contributed by atoms with E-state index in [1.54, 1.807) is 10.9 Å². The molecule has 7 nitrogen and oxygen atoms in total. The molecule has 4 heterocycles. The highest BCUT2D eigenvalue weighted by molar-refractivity contribution is 5.72. The topological polar surface area (TPSA) is 54.5 Å². The van der Waals surface area contributed by atoms with Gasteiger partial charge in [-0.25, -0.2) is 9.50 Å². The quantitative estimate of drug-likeness (QED) is 0.667. The molecule has 1 aliphatic heterocycles.